The Balaban J connectivity index is 1.55. The minimum absolute atomic E-state index is 0.195. The van der Waals surface area contributed by atoms with Gasteiger partial charge < -0.3 is 20.4 Å². The normalized spacial score (nSPS) is 15.3. The summed E-state index contributed by atoms with van der Waals surface area (Å²) in [4.78, 5) is 13.5. The first-order valence-corrected chi connectivity index (χ1v) is 11.6. The molecule has 1 aliphatic rings. The molecule has 2 heterocycles. The predicted octanol–water partition coefficient (Wildman–Crippen LogP) is 2.70. The number of rotatable bonds is 7. The van der Waals surface area contributed by atoms with E-state index in [2.05, 4.69) is 43.5 Å². The second kappa shape index (κ2) is 11.2. The van der Waals surface area contributed by atoms with Crippen molar-refractivity contribution in [2.45, 2.75) is 18.8 Å². The van der Waals surface area contributed by atoms with Crippen molar-refractivity contribution in [1.29, 1.82) is 0 Å². The van der Waals surface area contributed by atoms with Crippen LogP contribution < -0.4 is 15.5 Å². The third kappa shape index (κ3) is 6.34. The molecular formula is C22H31FN6S. The van der Waals surface area contributed by atoms with Gasteiger partial charge in [-0.15, -0.1) is 0 Å². The third-order valence-corrected chi connectivity index (χ3v) is 5.83. The molecular weight excluding hydrogens is 399 g/mol. The molecule has 0 aliphatic carbocycles. The van der Waals surface area contributed by atoms with Gasteiger partial charge in [-0.25, -0.2) is 9.37 Å². The van der Waals surface area contributed by atoms with E-state index in [-0.39, 0.29) is 5.82 Å². The van der Waals surface area contributed by atoms with Crippen molar-refractivity contribution in [3.63, 3.8) is 0 Å². The molecule has 1 aromatic heterocycles. The number of halogens is 1. The summed E-state index contributed by atoms with van der Waals surface area (Å²) in [6.45, 7) is 5.37. The van der Waals surface area contributed by atoms with E-state index in [4.69, 9.17) is 0 Å². The Labute approximate surface area is 183 Å². The topological polar surface area (TPSA) is 55.8 Å². The van der Waals surface area contributed by atoms with Gasteiger partial charge in [0.1, 0.15) is 11.6 Å². The summed E-state index contributed by atoms with van der Waals surface area (Å²) in [5, 5.41) is 6.69. The van der Waals surface area contributed by atoms with Gasteiger partial charge in [-0.2, -0.15) is 11.8 Å². The number of hydrogen-bond acceptors (Lipinski definition) is 5. The number of nitrogens with one attached hydrogen (secondary N) is 2. The van der Waals surface area contributed by atoms with Crippen molar-refractivity contribution in [2.75, 3.05) is 51.4 Å². The minimum Gasteiger partial charge on any atom is -0.354 e. The van der Waals surface area contributed by atoms with Crippen LogP contribution in [0.4, 0.5) is 10.2 Å². The van der Waals surface area contributed by atoms with Crippen molar-refractivity contribution in [2.24, 2.45) is 4.99 Å². The van der Waals surface area contributed by atoms with E-state index in [1.165, 1.54) is 6.07 Å². The van der Waals surface area contributed by atoms with Gasteiger partial charge in [-0.05, 0) is 54.3 Å². The second-order valence-electron chi connectivity index (χ2n) is 7.44. The Bertz CT molecular complexity index is 851. The molecule has 6 nitrogen and oxygen atoms in total. The molecule has 0 radical (unpaired) electrons. The molecule has 162 valence electrons. The van der Waals surface area contributed by atoms with Crippen molar-refractivity contribution in [1.82, 2.24) is 20.5 Å². The maximum Gasteiger partial charge on any atom is 0.191 e. The molecule has 8 heteroatoms. The van der Waals surface area contributed by atoms with E-state index in [1.807, 2.05) is 24.6 Å². The van der Waals surface area contributed by atoms with Gasteiger partial charge in [0.25, 0.3) is 0 Å². The first kappa shape index (κ1) is 22.4. The number of aliphatic imine (C=N–C) groups is 1. The summed E-state index contributed by atoms with van der Waals surface area (Å²) in [6, 6.07) is 9.12. The van der Waals surface area contributed by atoms with E-state index < -0.39 is 0 Å². The Morgan fingerprint density at radius 2 is 1.87 bits per heavy atom. The van der Waals surface area contributed by atoms with E-state index in [1.54, 1.807) is 24.9 Å². The molecule has 0 spiro atoms. The number of guanidine groups is 1. The van der Waals surface area contributed by atoms with Crippen LogP contribution in [0, 0.1) is 5.82 Å². The number of hydrogen-bond donors (Lipinski definition) is 2. The lowest BCUT2D eigenvalue weighted by molar-refractivity contribution is 0.312. The van der Waals surface area contributed by atoms with Crippen LogP contribution in [0.3, 0.4) is 0 Å². The zero-order chi connectivity index (χ0) is 21.3. The highest BCUT2D eigenvalue weighted by Crippen LogP contribution is 2.17. The van der Waals surface area contributed by atoms with Crippen LogP contribution in [0.1, 0.15) is 16.7 Å². The Hall–Kier alpha value is -2.32. The molecule has 0 atom stereocenters. The van der Waals surface area contributed by atoms with Crippen molar-refractivity contribution < 1.29 is 4.39 Å². The van der Waals surface area contributed by atoms with Crippen LogP contribution in [-0.2, 0) is 18.8 Å². The summed E-state index contributed by atoms with van der Waals surface area (Å²) in [5.41, 5.74) is 3.25. The van der Waals surface area contributed by atoms with Crippen LogP contribution in [0.5, 0.6) is 0 Å². The molecule has 1 fully saturated rings. The van der Waals surface area contributed by atoms with Gasteiger partial charge in [0.05, 0.1) is 0 Å². The number of thioether (sulfide) groups is 1. The molecule has 3 rings (SSSR count). The predicted molar refractivity (Wildman–Crippen MR) is 125 cm³/mol. The fourth-order valence-electron chi connectivity index (χ4n) is 3.42. The third-order valence-electron chi connectivity index (χ3n) is 5.24. The molecule has 1 aromatic carbocycles. The average molecular weight is 431 g/mol. The van der Waals surface area contributed by atoms with Crippen LogP contribution in [0.15, 0.2) is 41.5 Å². The van der Waals surface area contributed by atoms with Crippen LogP contribution in [0.2, 0.25) is 0 Å². The average Bonchev–Trinajstić information content (AvgIpc) is 2.76. The van der Waals surface area contributed by atoms with Crippen molar-refractivity contribution in [3.05, 3.63) is 59.0 Å². The first-order valence-electron chi connectivity index (χ1n) is 10.2. The Morgan fingerprint density at radius 3 is 2.60 bits per heavy atom. The van der Waals surface area contributed by atoms with Crippen LogP contribution >= 0.6 is 11.8 Å². The highest BCUT2D eigenvalue weighted by Gasteiger charge is 2.15. The maximum absolute atomic E-state index is 13.6. The fraction of sp³-hybridized carbons (Fsp3) is 0.455. The van der Waals surface area contributed by atoms with Gasteiger partial charge >= 0.3 is 0 Å². The fourth-order valence-corrected chi connectivity index (χ4v) is 4.00. The van der Waals surface area contributed by atoms with Gasteiger partial charge in [-0.3, -0.25) is 4.99 Å². The van der Waals surface area contributed by atoms with Crippen molar-refractivity contribution in [3.8, 4) is 0 Å². The molecule has 30 heavy (non-hydrogen) atoms. The number of anilines is 1. The van der Waals surface area contributed by atoms with Crippen LogP contribution in [0.25, 0.3) is 0 Å². The quantitative estimate of drug-likeness (QED) is 0.520. The lowest BCUT2D eigenvalue weighted by Gasteiger charge is -2.33. The second-order valence-corrected chi connectivity index (χ2v) is 8.30. The molecule has 2 aromatic rings. The highest BCUT2D eigenvalue weighted by molar-refractivity contribution is 7.97. The van der Waals surface area contributed by atoms with Gasteiger partial charge in [0.15, 0.2) is 5.96 Å². The molecule has 0 amide bonds. The lowest BCUT2D eigenvalue weighted by atomic mass is 10.1. The molecule has 0 bridgehead atoms. The molecule has 1 saturated heterocycles. The lowest BCUT2D eigenvalue weighted by Crippen LogP contribution is -2.44. The summed E-state index contributed by atoms with van der Waals surface area (Å²) in [7, 11) is 3.91. The summed E-state index contributed by atoms with van der Waals surface area (Å²) in [6.07, 6.45) is 3.89. The zero-order valence-corrected chi connectivity index (χ0v) is 18.8. The standard InChI is InChI=1S/C22H31FN6S/c1-24-22(27-15-18-4-5-20(23)13-19(18)16-30-3)26-14-17-6-7-25-21(12-17)29-10-8-28(2)9-11-29/h4-7,12-13H,8-11,14-16H2,1-3H3,(H2,24,26,27). The number of benzene rings is 1. The Kier molecular flexibility index (Phi) is 8.33. The van der Waals surface area contributed by atoms with E-state index in [0.717, 1.165) is 54.4 Å². The first-order chi connectivity index (χ1) is 14.6. The number of aromatic nitrogens is 1. The van der Waals surface area contributed by atoms with Crippen molar-refractivity contribution >= 4 is 23.5 Å². The van der Waals surface area contributed by atoms with Gasteiger partial charge in [0.2, 0.25) is 0 Å². The SMILES string of the molecule is CN=C(NCc1ccnc(N2CCN(C)CC2)c1)NCc1ccc(F)cc1CSC. The number of likely N-dealkylation sites (N-methyl/N-ethyl adjacent to an activating group) is 1. The number of piperazine rings is 1. The molecule has 0 unspecified atom stereocenters. The Morgan fingerprint density at radius 1 is 1.10 bits per heavy atom. The minimum atomic E-state index is -0.195. The summed E-state index contributed by atoms with van der Waals surface area (Å²) < 4.78 is 13.6. The monoisotopic (exact) mass is 430 g/mol. The number of nitrogens with zero attached hydrogens (tertiary/aromatic N) is 4. The number of pyridine rings is 1. The van der Waals surface area contributed by atoms with Gasteiger partial charge in [0, 0.05) is 58.3 Å². The van der Waals surface area contributed by atoms with E-state index in [0.29, 0.717) is 19.0 Å². The highest BCUT2D eigenvalue weighted by atomic mass is 32.2. The maximum atomic E-state index is 13.6. The van der Waals surface area contributed by atoms with E-state index >= 15 is 0 Å². The summed E-state index contributed by atoms with van der Waals surface area (Å²) in [5.74, 6) is 2.33. The summed E-state index contributed by atoms with van der Waals surface area (Å²) >= 11 is 1.69. The zero-order valence-electron chi connectivity index (χ0n) is 18.0. The largest absolute Gasteiger partial charge is 0.354 e. The smallest absolute Gasteiger partial charge is 0.191 e. The molecule has 2 N–H and O–H groups in total. The molecule has 1 aliphatic heterocycles. The van der Waals surface area contributed by atoms with Gasteiger partial charge in [-0.1, -0.05) is 6.07 Å². The molecule has 0 saturated carbocycles. The van der Waals surface area contributed by atoms with E-state index in [9.17, 15) is 4.39 Å². The van der Waals surface area contributed by atoms with Crippen LogP contribution in [-0.4, -0.2) is 62.4 Å².